The molecule has 0 aliphatic heterocycles. The van der Waals surface area contributed by atoms with Gasteiger partial charge in [0.1, 0.15) is 12.1 Å². The van der Waals surface area contributed by atoms with Crippen LogP contribution >= 0.6 is 0 Å². The minimum atomic E-state index is -0.175. The molecule has 0 fully saturated rings. The van der Waals surface area contributed by atoms with Gasteiger partial charge in [0.05, 0.1) is 0 Å². The van der Waals surface area contributed by atoms with Gasteiger partial charge in [-0.05, 0) is 11.1 Å². The molecule has 0 bridgehead atoms. The van der Waals surface area contributed by atoms with Crippen molar-refractivity contribution in [3.05, 3.63) is 120 Å². The quantitative estimate of drug-likeness (QED) is 0.311. The molecule has 4 rings (SSSR count). The van der Waals surface area contributed by atoms with E-state index in [1.165, 1.54) is 0 Å². The van der Waals surface area contributed by atoms with E-state index in [2.05, 4.69) is 34.2 Å². The molecule has 0 saturated heterocycles. The number of hydrogen-bond acceptors (Lipinski definition) is 2. The Bertz CT molecular complexity index is 922. The fraction of sp³-hybridized carbons (Fsp3) is 0.0833. The van der Waals surface area contributed by atoms with Crippen LogP contribution in [0.1, 0.15) is 34.6 Å². The van der Waals surface area contributed by atoms with Crippen LogP contribution in [-0.2, 0) is 21.1 Å². The van der Waals surface area contributed by atoms with Crippen molar-refractivity contribution in [3.63, 3.8) is 0 Å². The molecule has 2 heterocycles. The van der Waals surface area contributed by atoms with Gasteiger partial charge in [-0.25, -0.2) is 0 Å². The van der Waals surface area contributed by atoms with Gasteiger partial charge >= 0.3 is 21.1 Å². The van der Waals surface area contributed by atoms with Gasteiger partial charge in [0, 0.05) is 12.4 Å². The first kappa shape index (κ1) is 20.8. The average Bonchev–Trinajstić information content (AvgIpc) is 3.46. The Morgan fingerprint density at radius 1 is 0.552 bits per heavy atom. The predicted octanol–water partition coefficient (Wildman–Crippen LogP) is 4.62. The summed E-state index contributed by atoms with van der Waals surface area (Å²) in [4.78, 5) is 18.4. The minimum absolute atomic E-state index is 0. The number of aliphatic imine (C=N–C) groups is 2. The molecule has 2 atom stereocenters. The molecule has 0 saturated carbocycles. The molecule has 0 N–H and O–H groups in total. The molecule has 4 aromatic rings. The number of nitrogens with zero attached hydrogens (tertiary/aromatic N) is 4. The Morgan fingerprint density at radius 3 is 1.31 bits per heavy atom. The Labute approximate surface area is 185 Å². The van der Waals surface area contributed by atoms with E-state index < -0.39 is 0 Å². The van der Waals surface area contributed by atoms with Gasteiger partial charge in [-0.3, -0.25) is 9.98 Å². The van der Waals surface area contributed by atoms with Crippen LogP contribution in [0, 0.1) is 0 Å². The van der Waals surface area contributed by atoms with Gasteiger partial charge in [0.2, 0.25) is 0 Å². The van der Waals surface area contributed by atoms with Crippen LogP contribution in [0.5, 0.6) is 0 Å². The molecule has 0 amide bonds. The van der Waals surface area contributed by atoms with Gasteiger partial charge < -0.3 is 9.97 Å². The second-order valence-corrected chi connectivity index (χ2v) is 6.39. The Kier molecular flexibility index (Phi) is 7.54. The van der Waals surface area contributed by atoms with Crippen LogP contribution in [0.15, 0.2) is 107 Å². The standard InChI is InChI=1S/C24H20N4.Pt/c1-3-9-19(10-4-1)23(27-17-21-13-7-15-25-21)24(20-11-5-2-6-12-20)28-18-22-14-8-16-26-22;/h1-18,23-24H;/q-2;+2. The normalized spacial score (nSPS) is 13.4. The van der Waals surface area contributed by atoms with Crippen LogP contribution in [-0.4, -0.2) is 12.4 Å². The van der Waals surface area contributed by atoms with Crippen molar-refractivity contribution in [1.29, 1.82) is 0 Å². The Morgan fingerprint density at radius 2 is 0.966 bits per heavy atom. The van der Waals surface area contributed by atoms with E-state index in [4.69, 9.17) is 9.98 Å². The maximum atomic E-state index is 4.89. The number of rotatable bonds is 7. The number of hydrogen-bond donors (Lipinski definition) is 0. The summed E-state index contributed by atoms with van der Waals surface area (Å²) in [5, 5.41) is 0. The minimum Gasteiger partial charge on any atom is -0.663 e. The molecule has 2 aromatic carbocycles. The van der Waals surface area contributed by atoms with Crippen molar-refractivity contribution in [1.82, 2.24) is 9.97 Å². The Hall–Kier alpha value is -2.97. The molecule has 2 unspecified atom stereocenters. The monoisotopic (exact) mass is 559 g/mol. The largest absolute Gasteiger partial charge is 2.00 e. The molecule has 146 valence electrons. The van der Waals surface area contributed by atoms with Crippen molar-refractivity contribution >= 4 is 12.4 Å². The molecule has 4 nitrogen and oxygen atoms in total. The number of benzene rings is 2. The van der Waals surface area contributed by atoms with Gasteiger partial charge in [0.15, 0.2) is 0 Å². The zero-order valence-corrected chi connectivity index (χ0v) is 17.9. The molecule has 29 heavy (non-hydrogen) atoms. The third-order valence-corrected chi connectivity index (χ3v) is 4.47. The zero-order valence-electron chi connectivity index (χ0n) is 15.7. The fourth-order valence-electron chi connectivity index (χ4n) is 3.09. The van der Waals surface area contributed by atoms with Crippen molar-refractivity contribution in [2.75, 3.05) is 0 Å². The van der Waals surface area contributed by atoms with Gasteiger partial charge in [-0.1, -0.05) is 84.9 Å². The molecule has 0 spiro atoms. The van der Waals surface area contributed by atoms with Crippen LogP contribution in [0.2, 0.25) is 0 Å². The zero-order chi connectivity index (χ0) is 19.0. The second kappa shape index (κ2) is 10.5. The first-order valence-electron chi connectivity index (χ1n) is 9.22. The second-order valence-electron chi connectivity index (χ2n) is 6.39. The van der Waals surface area contributed by atoms with E-state index in [1.807, 2.05) is 73.1 Å². The smallest absolute Gasteiger partial charge is 0.663 e. The third kappa shape index (κ3) is 5.52. The molecular weight excluding hydrogens is 539 g/mol. The van der Waals surface area contributed by atoms with Crippen molar-refractivity contribution in [2.24, 2.45) is 9.98 Å². The topological polar surface area (TPSA) is 52.9 Å². The van der Waals surface area contributed by atoms with Crippen molar-refractivity contribution in [2.45, 2.75) is 12.1 Å². The van der Waals surface area contributed by atoms with Crippen LogP contribution in [0.25, 0.3) is 0 Å². The van der Waals surface area contributed by atoms with Gasteiger partial charge in [-0.15, -0.1) is 11.4 Å². The van der Waals surface area contributed by atoms with E-state index in [1.54, 1.807) is 12.4 Å². The molecule has 0 aliphatic rings. The molecule has 0 aliphatic carbocycles. The van der Waals surface area contributed by atoms with E-state index >= 15 is 0 Å². The van der Waals surface area contributed by atoms with E-state index in [0.29, 0.717) is 0 Å². The number of aromatic nitrogens is 2. The maximum Gasteiger partial charge on any atom is 2.00 e. The molecule has 2 aromatic heterocycles. The Balaban J connectivity index is 0.00000240. The first-order chi connectivity index (χ1) is 13.9. The van der Waals surface area contributed by atoms with Crippen molar-refractivity contribution in [3.8, 4) is 0 Å². The summed E-state index contributed by atoms with van der Waals surface area (Å²) in [6.45, 7) is 0. The van der Waals surface area contributed by atoms with Crippen LogP contribution < -0.4 is 9.97 Å². The summed E-state index contributed by atoms with van der Waals surface area (Å²) in [6, 6.07) is 27.9. The summed E-state index contributed by atoms with van der Waals surface area (Å²) < 4.78 is 0. The van der Waals surface area contributed by atoms with Crippen molar-refractivity contribution < 1.29 is 21.1 Å². The third-order valence-electron chi connectivity index (χ3n) is 4.47. The fourth-order valence-corrected chi connectivity index (χ4v) is 3.09. The summed E-state index contributed by atoms with van der Waals surface area (Å²) in [5.74, 6) is 0. The predicted molar refractivity (Wildman–Crippen MR) is 113 cm³/mol. The summed E-state index contributed by atoms with van der Waals surface area (Å²) >= 11 is 0. The van der Waals surface area contributed by atoms with Crippen LogP contribution in [0.4, 0.5) is 0 Å². The maximum absolute atomic E-state index is 4.89. The van der Waals surface area contributed by atoms with E-state index in [0.717, 1.165) is 22.5 Å². The molecule has 0 radical (unpaired) electrons. The average molecular weight is 560 g/mol. The molecular formula is C24H20N4Pt. The van der Waals surface area contributed by atoms with Gasteiger partial charge in [-0.2, -0.15) is 12.4 Å². The first-order valence-corrected chi connectivity index (χ1v) is 9.22. The summed E-state index contributed by atoms with van der Waals surface area (Å²) in [6.07, 6.45) is 7.19. The van der Waals surface area contributed by atoms with Crippen LogP contribution in [0.3, 0.4) is 0 Å². The van der Waals surface area contributed by atoms with E-state index in [9.17, 15) is 0 Å². The summed E-state index contributed by atoms with van der Waals surface area (Å²) in [5.41, 5.74) is 3.89. The summed E-state index contributed by atoms with van der Waals surface area (Å²) in [7, 11) is 0. The SMILES string of the molecule is C(=NC(c1ccccc1)C(N=Cc1ccc[n-]1)c1ccccc1)c1ccc[n-]1.[Pt+2]. The molecule has 5 heteroatoms. The van der Waals surface area contributed by atoms with E-state index in [-0.39, 0.29) is 33.1 Å². The van der Waals surface area contributed by atoms with Gasteiger partial charge in [0.25, 0.3) is 0 Å².